The third kappa shape index (κ3) is 9.57. The molecule has 2 rings (SSSR count). The van der Waals surface area contributed by atoms with Gasteiger partial charge in [-0.05, 0) is 26.7 Å². The molecule has 0 radical (unpaired) electrons. The largest absolute Gasteiger partial charge is 0.471 e. The van der Waals surface area contributed by atoms with Crippen LogP contribution in [0.25, 0.3) is 0 Å². The second kappa shape index (κ2) is 14.6. The summed E-state index contributed by atoms with van der Waals surface area (Å²) >= 11 is 0. The van der Waals surface area contributed by atoms with Crippen molar-refractivity contribution in [3.8, 4) is 0 Å². The molecule has 8 nitrogen and oxygen atoms in total. The third-order valence-corrected chi connectivity index (χ3v) is 6.31. The van der Waals surface area contributed by atoms with Gasteiger partial charge in [-0.25, -0.2) is 0 Å². The van der Waals surface area contributed by atoms with Crippen LogP contribution in [0, 0.1) is 0 Å². The van der Waals surface area contributed by atoms with Gasteiger partial charge in [-0.3, -0.25) is 4.79 Å². The van der Waals surface area contributed by atoms with E-state index in [0.717, 1.165) is 19.3 Å². The number of hydrogen-bond acceptors (Lipinski definition) is 7. The van der Waals surface area contributed by atoms with Crippen molar-refractivity contribution < 1.29 is 46.4 Å². The van der Waals surface area contributed by atoms with Gasteiger partial charge in [0.15, 0.2) is 12.1 Å². The molecule has 0 aromatic heterocycles. The van der Waals surface area contributed by atoms with Crippen LogP contribution in [0.4, 0.5) is 13.2 Å². The molecule has 0 bridgehead atoms. The van der Waals surface area contributed by atoms with Crippen LogP contribution in [0.15, 0.2) is 12.7 Å². The lowest BCUT2D eigenvalue weighted by Crippen LogP contribution is -2.69. The summed E-state index contributed by atoms with van der Waals surface area (Å²) in [5.74, 6) is -3.11. The summed E-state index contributed by atoms with van der Waals surface area (Å²) in [6.45, 7) is 9.45. The van der Waals surface area contributed by atoms with E-state index in [0.29, 0.717) is 6.42 Å². The molecule has 0 spiro atoms. The molecule has 210 valence electrons. The van der Waals surface area contributed by atoms with Crippen LogP contribution in [0.2, 0.25) is 0 Å². The van der Waals surface area contributed by atoms with Gasteiger partial charge in [0.25, 0.3) is 0 Å². The quantitative estimate of drug-likeness (QED) is 0.253. The van der Waals surface area contributed by atoms with E-state index in [1.165, 1.54) is 25.3 Å². The van der Waals surface area contributed by atoms with Gasteiger partial charge in [0.2, 0.25) is 0 Å². The van der Waals surface area contributed by atoms with Crippen LogP contribution < -0.4 is 5.32 Å². The predicted molar refractivity (Wildman–Crippen MR) is 126 cm³/mol. The smallest absolute Gasteiger partial charge is 0.381 e. The molecule has 6 atom stereocenters. The van der Waals surface area contributed by atoms with E-state index < -0.39 is 48.5 Å². The summed E-state index contributed by atoms with van der Waals surface area (Å²) < 4.78 is 74.3. The Balaban J connectivity index is 2.14. The molecule has 2 aliphatic rings. The number of methoxy groups -OCH3 is 1. The Kier molecular flexibility index (Phi) is 12.6. The molecular weight excluding hydrogens is 483 g/mol. The summed E-state index contributed by atoms with van der Waals surface area (Å²) in [5.41, 5.74) is 0. The highest BCUT2D eigenvalue weighted by molar-refractivity contribution is 5.82. The number of hydrogen-bond donors (Lipinski definition) is 1. The number of ether oxygens (including phenoxy) is 6. The fourth-order valence-corrected chi connectivity index (χ4v) is 4.41. The summed E-state index contributed by atoms with van der Waals surface area (Å²) in [6, 6.07) is -1.27. The van der Waals surface area contributed by atoms with Gasteiger partial charge in [-0.15, -0.1) is 6.58 Å². The van der Waals surface area contributed by atoms with Crippen molar-refractivity contribution >= 4 is 5.91 Å². The Morgan fingerprint density at radius 2 is 1.92 bits per heavy atom. The lowest BCUT2D eigenvalue weighted by Gasteiger charge is -2.51. The number of amides is 1. The minimum atomic E-state index is -5.08. The number of carbonyl (C=O) groups excluding carboxylic acids is 1. The number of alkyl halides is 3. The number of unbranched alkanes of at least 4 members (excludes halogenated alkanes) is 4. The van der Waals surface area contributed by atoms with Gasteiger partial charge in [0.05, 0.1) is 19.3 Å². The zero-order valence-corrected chi connectivity index (χ0v) is 21.8. The van der Waals surface area contributed by atoms with Gasteiger partial charge in [-0.1, -0.05) is 45.1 Å². The zero-order valence-electron chi connectivity index (χ0n) is 21.8. The SMILES string of the molecule is C=CCO[C@H]1O[C@@H]2COC(C)(C)O[C@H]2C(OCC[C@@H](CCCCCCC)OC)[C@H]1NC(=O)C(F)(F)F. The molecule has 1 amide bonds. The highest BCUT2D eigenvalue weighted by Crippen LogP contribution is 2.35. The van der Waals surface area contributed by atoms with Gasteiger partial charge in [0.1, 0.15) is 24.4 Å². The maximum absolute atomic E-state index is 13.1. The van der Waals surface area contributed by atoms with Gasteiger partial charge >= 0.3 is 12.1 Å². The predicted octanol–water partition coefficient (Wildman–Crippen LogP) is 4.26. The van der Waals surface area contributed by atoms with Crippen molar-refractivity contribution in [1.82, 2.24) is 5.32 Å². The van der Waals surface area contributed by atoms with Gasteiger partial charge < -0.3 is 33.7 Å². The normalized spacial score (nSPS) is 28.8. The second-order valence-electron chi connectivity index (χ2n) is 9.64. The molecule has 36 heavy (non-hydrogen) atoms. The fraction of sp³-hybridized carbons (Fsp3) is 0.880. The maximum atomic E-state index is 13.1. The molecule has 2 saturated heterocycles. The second-order valence-corrected chi connectivity index (χ2v) is 9.64. The first kappa shape index (κ1) is 31.0. The summed E-state index contributed by atoms with van der Waals surface area (Å²) in [7, 11) is 1.64. The van der Waals surface area contributed by atoms with Crippen LogP contribution in [0.3, 0.4) is 0 Å². The maximum Gasteiger partial charge on any atom is 0.471 e. The highest BCUT2D eigenvalue weighted by atomic mass is 19.4. The summed E-state index contributed by atoms with van der Waals surface area (Å²) in [6.07, 6.45) is -0.242. The minimum absolute atomic E-state index is 0.00412. The van der Waals surface area contributed by atoms with Crippen LogP contribution in [0.5, 0.6) is 0 Å². The molecular formula is C25H42F3NO7. The molecule has 2 aliphatic heterocycles. The van der Waals surface area contributed by atoms with E-state index in [1.54, 1.807) is 21.0 Å². The van der Waals surface area contributed by atoms with Crippen molar-refractivity contribution in [3.05, 3.63) is 12.7 Å². The third-order valence-electron chi connectivity index (χ3n) is 6.31. The van der Waals surface area contributed by atoms with E-state index >= 15 is 0 Å². The Morgan fingerprint density at radius 3 is 2.56 bits per heavy atom. The Morgan fingerprint density at radius 1 is 1.19 bits per heavy atom. The lowest BCUT2D eigenvalue weighted by molar-refractivity contribution is -0.371. The average molecular weight is 526 g/mol. The molecule has 0 aliphatic carbocycles. The molecule has 1 unspecified atom stereocenters. The molecule has 1 N–H and O–H groups in total. The number of carbonyl (C=O) groups is 1. The molecule has 11 heteroatoms. The standard InChI is InChI=1S/C25H42F3NO7/c1-6-8-9-10-11-12-17(31-5)13-15-32-21-19(29-23(30)25(26,27)28)22(33-14-7-2)35-18-16-34-24(3,4)36-20(18)21/h7,17-22H,2,6,8-16H2,1,3-5H3,(H,29,30)/t17-,18-,19-,20-,21?,22+/m1/s1. The van der Waals surface area contributed by atoms with Crippen molar-refractivity contribution in [1.29, 1.82) is 0 Å². The van der Waals surface area contributed by atoms with Gasteiger partial charge in [-0.2, -0.15) is 13.2 Å². The topological polar surface area (TPSA) is 84.5 Å². The number of nitrogens with one attached hydrogen (secondary N) is 1. The van der Waals surface area contributed by atoms with E-state index in [2.05, 4.69) is 13.5 Å². The van der Waals surface area contributed by atoms with Crippen molar-refractivity contribution in [2.75, 3.05) is 26.9 Å². The molecule has 0 aromatic carbocycles. The van der Waals surface area contributed by atoms with E-state index in [4.69, 9.17) is 28.4 Å². The van der Waals surface area contributed by atoms with Gasteiger partial charge in [0, 0.05) is 13.7 Å². The van der Waals surface area contributed by atoms with Crippen LogP contribution >= 0.6 is 0 Å². The molecule has 0 saturated carbocycles. The Hall–Kier alpha value is -1.24. The van der Waals surface area contributed by atoms with Crippen LogP contribution in [-0.2, 0) is 33.2 Å². The van der Waals surface area contributed by atoms with Crippen LogP contribution in [-0.4, -0.2) is 81.5 Å². The average Bonchev–Trinajstić information content (AvgIpc) is 2.81. The first-order valence-electron chi connectivity index (χ1n) is 12.7. The molecule has 0 aromatic rings. The van der Waals surface area contributed by atoms with E-state index in [9.17, 15) is 18.0 Å². The number of halogens is 3. The first-order valence-corrected chi connectivity index (χ1v) is 12.7. The highest BCUT2D eigenvalue weighted by Gasteiger charge is 2.54. The Bertz CT molecular complexity index is 677. The number of rotatable bonds is 15. The van der Waals surface area contributed by atoms with Crippen LogP contribution in [0.1, 0.15) is 65.7 Å². The number of fused-ring (bicyclic) bond motifs is 1. The van der Waals surface area contributed by atoms with Crippen molar-refractivity contribution in [3.63, 3.8) is 0 Å². The lowest BCUT2D eigenvalue weighted by atomic mass is 9.94. The summed E-state index contributed by atoms with van der Waals surface area (Å²) in [5, 5.41) is 2.01. The molecule has 2 heterocycles. The van der Waals surface area contributed by atoms with E-state index in [1.807, 2.05) is 5.32 Å². The monoisotopic (exact) mass is 525 g/mol. The zero-order chi connectivity index (χ0) is 26.8. The molecule has 2 fully saturated rings. The summed E-state index contributed by atoms with van der Waals surface area (Å²) in [4.78, 5) is 11.9. The van der Waals surface area contributed by atoms with Crippen molar-refractivity contribution in [2.24, 2.45) is 0 Å². The minimum Gasteiger partial charge on any atom is -0.381 e. The van der Waals surface area contributed by atoms with E-state index in [-0.39, 0.29) is 25.9 Å². The first-order chi connectivity index (χ1) is 17.0. The van der Waals surface area contributed by atoms with Crippen molar-refractivity contribution in [2.45, 2.75) is 114 Å². The Labute approximate surface area is 212 Å². The fourth-order valence-electron chi connectivity index (χ4n) is 4.41.